The van der Waals surface area contributed by atoms with E-state index in [-0.39, 0.29) is 18.8 Å². The normalized spacial score (nSPS) is 44.8. The van der Waals surface area contributed by atoms with E-state index in [0.717, 1.165) is 32.2 Å². The zero-order valence-electron chi connectivity index (χ0n) is 8.89. The van der Waals surface area contributed by atoms with Crippen molar-refractivity contribution in [2.45, 2.75) is 50.8 Å². The molecule has 4 atom stereocenters. The van der Waals surface area contributed by atoms with Crippen molar-refractivity contribution in [1.82, 2.24) is 4.90 Å². The van der Waals surface area contributed by atoms with Crippen LogP contribution in [0.4, 0.5) is 0 Å². The third-order valence-corrected chi connectivity index (χ3v) is 3.98. The average molecular weight is 199 g/mol. The maximum absolute atomic E-state index is 9.83. The van der Waals surface area contributed by atoms with Crippen LogP contribution in [0.15, 0.2) is 0 Å². The molecule has 2 N–H and O–H groups in total. The molecule has 2 aliphatic rings. The van der Waals surface area contributed by atoms with Gasteiger partial charge in [-0.15, -0.1) is 0 Å². The quantitative estimate of drug-likeness (QED) is 0.684. The molecule has 0 bridgehead atoms. The SMILES string of the molecule is CC1CCN([C@H]2CCC[C@@H]2O)C1CO. The summed E-state index contributed by atoms with van der Waals surface area (Å²) in [5, 5.41) is 19.2. The van der Waals surface area contributed by atoms with Crippen LogP contribution in [-0.4, -0.2) is 46.5 Å². The predicted molar refractivity (Wildman–Crippen MR) is 55.0 cm³/mol. The van der Waals surface area contributed by atoms with Crippen molar-refractivity contribution in [3.8, 4) is 0 Å². The van der Waals surface area contributed by atoms with Gasteiger partial charge in [0.05, 0.1) is 12.7 Å². The Morgan fingerprint density at radius 1 is 1.29 bits per heavy atom. The van der Waals surface area contributed by atoms with Crippen LogP contribution in [0.3, 0.4) is 0 Å². The minimum Gasteiger partial charge on any atom is -0.395 e. The van der Waals surface area contributed by atoms with Crippen LogP contribution in [0, 0.1) is 5.92 Å². The van der Waals surface area contributed by atoms with E-state index >= 15 is 0 Å². The molecule has 2 unspecified atom stereocenters. The monoisotopic (exact) mass is 199 g/mol. The van der Waals surface area contributed by atoms with E-state index in [0.29, 0.717) is 12.0 Å². The number of nitrogens with zero attached hydrogens (tertiary/aromatic N) is 1. The second-order valence-corrected chi connectivity index (χ2v) is 4.82. The molecule has 1 aliphatic carbocycles. The zero-order valence-corrected chi connectivity index (χ0v) is 8.89. The summed E-state index contributed by atoms with van der Waals surface area (Å²) in [7, 11) is 0. The Morgan fingerprint density at radius 2 is 2.07 bits per heavy atom. The molecular formula is C11H21NO2. The molecule has 1 heterocycles. The van der Waals surface area contributed by atoms with Gasteiger partial charge in [0.1, 0.15) is 0 Å². The fourth-order valence-corrected chi connectivity index (χ4v) is 3.04. The molecule has 82 valence electrons. The minimum atomic E-state index is -0.158. The van der Waals surface area contributed by atoms with E-state index in [2.05, 4.69) is 11.8 Å². The molecule has 1 saturated carbocycles. The predicted octanol–water partition coefficient (Wildman–Crippen LogP) is 0.602. The van der Waals surface area contributed by atoms with Crippen LogP contribution in [0.2, 0.25) is 0 Å². The van der Waals surface area contributed by atoms with Gasteiger partial charge in [0.2, 0.25) is 0 Å². The third kappa shape index (κ3) is 1.69. The van der Waals surface area contributed by atoms with Crippen LogP contribution in [-0.2, 0) is 0 Å². The van der Waals surface area contributed by atoms with Crippen molar-refractivity contribution < 1.29 is 10.2 Å². The van der Waals surface area contributed by atoms with Crippen LogP contribution in [0.5, 0.6) is 0 Å². The molecule has 2 fully saturated rings. The Kier molecular flexibility index (Phi) is 3.10. The highest BCUT2D eigenvalue weighted by molar-refractivity contribution is 4.93. The highest BCUT2D eigenvalue weighted by Gasteiger charge is 2.39. The molecule has 0 amide bonds. The fraction of sp³-hybridized carbons (Fsp3) is 1.00. The van der Waals surface area contributed by atoms with Gasteiger partial charge in [-0.3, -0.25) is 4.90 Å². The second-order valence-electron chi connectivity index (χ2n) is 4.82. The van der Waals surface area contributed by atoms with Crippen molar-refractivity contribution in [2.75, 3.05) is 13.2 Å². The van der Waals surface area contributed by atoms with E-state index in [9.17, 15) is 10.2 Å². The number of rotatable bonds is 2. The summed E-state index contributed by atoms with van der Waals surface area (Å²) >= 11 is 0. The van der Waals surface area contributed by atoms with Gasteiger partial charge in [-0.2, -0.15) is 0 Å². The summed E-state index contributed by atoms with van der Waals surface area (Å²) in [5.74, 6) is 0.577. The van der Waals surface area contributed by atoms with Gasteiger partial charge >= 0.3 is 0 Å². The Hall–Kier alpha value is -0.120. The van der Waals surface area contributed by atoms with Crippen molar-refractivity contribution in [1.29, 1.82) is 0 Å². The molecular weight excluding hydrogens is 178 g/mol. The lowest BCUT2D eigenvalue weighted by Crippen LogP contribution is -2.46. The molecule has 2 rings (SSSR count). The largest absolute Gasteiger partial charge is 0.395 e. The summed E-state index contributed by atoms with van der Waals surface area (Å²) in [6.45, 7) is 3.49. The molecule has 3 nitrogen and oxygen atoms in total. The highest BCUT2D eigenvalue weighted by Crippen LogP contribution is 2.32. The van der Waals surface area contributed by atoms with E-state index in [1.807, 2.05) is 0 Å². The molecule has 0 radical (unpaired) electrons. The minimum absolute atomic E-state index is 0.158. The molecule has 3 heteroatoms. The molecule has 0 aromatic heterocycles. The fourth-order valence-electron chi connectivity index (χ4n) is 3.04. The van der Waals surface area contributed by atoms with Crippen molar-refractivity contribution >= 4 is 0 Å². The van der Waals surface area contributed by atoms with E-state index in [1.165, 1.54) is 0 Å². The molecule has 1 saturated heterocycles. The van der Waals surface area contributed by atoms with E-state index < -0.39 is 0 Å². The van der Waals surface area contributed by atoms with Gasteiger partial charge in [0, 0.05) is 12.1 Å². The van der Waals surface area contributed by atoms with Gasteiger partial charge in [-0.05, 0) is 38.1 Å². The summed E-state index contributed by atoms with van der Waals surface area (Å²) < 4.78 is 0. The Morgan fingerprint density at radius 3 is 2.64 bits per heavy atom. The van der Waals surface area contributed by atoms with E-state index in [4.69, 9.17) is 0 Å². The highest BCUT2D eigenvalue weighted by atomic mass is 16.3. The number of aliphatic hydroxyl groups is 2. The van der Waals surface area contributed by atoms with Gasteiger partial charge in [0.15, 0.2) is 0 Å². The zero-order chi connectivity index (χ0) is 10.1. The lowest BCUT2D eigenvalue weighted by molar-refractivity contribution is 0.0382. The van der Waals surface area contributed by atoms with Gasteiger partial charge in [-0.1, -0.05) is 6.92 Å². The topological polar surface area (TPSA) is 43.7 Å². The van der Waals surface area contributed by atoms with E-state index in [1.54, 1.807) is 0 Å². The summed E-state index contributed by atoms with van der Waals surface area (Å²) in [5.41, 5.74) is 0. The van der Waals surface area contributed by atoms with Gasteiger partial charge < -0.3 is 10.2 Å². The first-order chi connectivity index (χ1) is 6.74. The molecule has 0 aromatic carbocycles. The first-order valence-electron chi connectivity index (χ1n) is 5.78. The Labute approximate surface area is 85.7 Å². The average Bonchev–Trinajstić information content (AvgIpc) is 2.71. The summed E-state index contributed by atoms with van der Waals surface area (Å²) in [6, 6.07) is 0.602. The number of aliphatic hydroxyl groups excluding tert-OH is 2. The first kappa shape index (κ1) is 10.4. The van der Waals surface area contributed by atoms with Crippen molar-refractivity contribution in [3.63, 3.8) is 0 Å². The third-order valence-electron chi connectivity index (χ3n) is 3.98. The standard InChI is InChI=1S/C11H21NO2/c1-8-5-6-12(10(8)7-13)9-3-2-4-11(9)14/h8-11,13-14H,2-7H2,1H3/t8?,9-,10?,11-/m0/s1. The van der Waals surface area contributed by atoms with Crippen LogP contribution in [0.25, 0.3) is 0 Å². The van der Waals surface area contributed by atoms with Crippen molar-refractivity contribution in [3.05, 3.63) is 0 Å². The molecule has 1 aliphatic heterocycles. The second kappa shape index (κ2) is 4.17. The summed E-state index contributed by atoms with van der Waals surface area (Å²) in [6.07, 6.45) is 4.18. The molecule has 0 aromatic rings. The lowest BCUT2D eigenvalue weighted by atomic mass is 10.0. The smallest absolute Gasteiger partial charge is 0.0695 e. The Bertz CT molecular complexity index is 198. The van der Waals surface area contributed by atoms with Crippen LogP contribution in [0.1, 0.15) is 32.6 Å². The first-order valence-corrected chi connectivity index (χ1v) is 5.78. The van der Waals surface area contributed by atoms with Crippen molar-refractivity contribution in [2.24, 2.45) is 5.92 Å². The van der Waals surface area contributed by atoms with Gasteiger partial charge in [-0.25, -0.2) is 0 Å². The molecule has 0 spiro atoms. The summed E-state index contributed by atoms with van der Waals surface area (Å²) in [4.78, 5) is 2.34. The Balaban J connectivity index is 2.02. The number of hydrogen-bond donors (Lipinski definition) is 2. The number of likely N-dealkylation sites (tertiary alicyclic amines) is 1. The maximum atomic E-state index is 9.83. The van der Waals surface area contributed by atoms with Crippen LogP contribution < -0.4 is 0 Å². The van der Waals surface area contributed by atoms with Crippen LogP contribution >= 0.6 is 0 Å². The van der Waals surface area contributed by atoms with Gasteiger partial charge in [0.25, 0.3) is 0 Å². The lowest BCUT2D eigenvalue weighted by Gasteiger charge is -2.32. The maximum Gasteiger partial charge on any atom is 0.0695 e. The number of hydrogen-bond acceptors (Lipinski definition) is 3. The molecule has 14 heavy (non-hydrogen) atoms.